The van der Waals surface area contributed by atoms with Crippen LogP contribution in [0, 0.1) is 0 Å². The second-order valence-corrected chi connectivity index (χ2v) is 20.7. The van der Waals surface area contributed by atoms with Crippen LogP contribution in [0.25, 0.3) is 0 Å². The predicted molar refractivity (Wildman–Crippen MR) is 268 cm³/mol. The summed E-state index contributed by atoms with van der Waals surface area (Å²) in [7, 11) is 1.55. The van der Waals surface area contributed by atoms with Gasteiger partial charge in [-0.15, -0.1) is 0 Å². The monoisotopic (exact) mass is 896 g/mol. The standard InChI is InChI=1S/C53H103N2O6P/c1-6-8-10-12-14-16-18-20-22-23-24-25-26-27-28-29-30-31-32-33-34-36-38-40-42-44-46-52(56)51(50-61-62(58,59)60-49-48-55(3,4)5)54-53(57)47-45-43-41-39-37-35-21-19-17-15-13-11-9-7-2/h31-32,36,38,44,46,51-52,56H,6-30,33-35,37,39-43,45,47-50H2,1-5H3,(H-,54,57,58,59)/p+1/b32-31+,38-36+,46-44+. The fourth-order valence-corrected chi connectivity index (χ4v) is 8.40. The molecule has 0 heterocycles. The van der Waals surface area contributed by atoms with E-state index in [2.05, 4.69) is 43.5 Å². The summed E-state index contributed by atoms with van der Waals surface area (Å²) in [5, 5.41) is 13.9. The molecule has 0 aromatic rings. The minimum absolute atomic E-state index is 0.0548. The van der Waals surface area contributed by atoms with Gasteiger partial charge in [0.15, 0.2) is 0 Å². The second kappa shape index (κ2) is 44.9. The van der Waals surface area contributed by atoms with E-state index in [-0.39, 0.29) is 19.1 Å². The van der Waals surface area contributed by atoms with Gasteiger partial charge in [0.05, 0.1) is 39.9 Å². The van der Waals surface area contributed by atoms with Crippen LogP contribution in [0.3, 0.4) is 0 Å². The Kier molecular flexibility index (Phi) is 44.0. The number of carbonyl (C=O) groups is 1. The molecule has 0 aliphatic carbocycles. The van der Waals surface area contributed by atoms with Gasteiger partial charge in [0.25, 0.3) is 0 Å². The van der Waals surface area contributed by atoms with Crippen LogP contribution < -0.4 is 5.32 Å². The van der Waals surface area contributed by atoms with E-state index < -0.39 is 20.0 Å². The molecule has 3 unspecified atom stereocenters. The normalized spacial score (nSPS) is 14.4. The fraction of sp³-hybridized carbons (Fsp3) is 0.868. The van der Waals surface area contributed by atoms with Gasteiger partial charge in [-0.2, -0.15) is 0 Å². The van der Waals surface area contributed by atoms with Crippen molar-refractivity contribution in [3.63, 3.8) is 0 Å². The number of nitrogens with zero attached hydrogens (tertiary/aromatic N) is 1. The first-order valence-corrected chi connectivity index (χ1v) is 27.9. The Balaban J connectivity index is 4.30. The first kappa shape index (κ1) is 60.7. The van der Waals surface area contributed by atoms with Crippen molar-refractivity contribution in [1.29, 1.82) is 0 Å². The molecule has 0 aromatic heterocycles. The molecule has 0 aliphatic rings. The van der Waals surface area contributed by atoms with Crippen molar-refractivity contribution in [2.75, 3.05) is 40.9 Å². The van der Waals surface area contributed by atoms with E-state index in [4.69, 9.17) is 9.05 Å². The number of nitrogens with one attached hydrogen (secondary N) is 1. The average Bonchev–Trinajstić information content (AvgIpc) is 3.23. The van der Waals surface area contributed by atoms with Crippen LogP contribution in [0.5, 0.6) is 0 Å². The van der Waals surface area contributed by atoms with Gasteiger partial charge in [0, 0.05) is 6.42 Å². The lowest BCUT2D eigenvalue weighted by Gasteiger charge is -2.25. The molecule has 3 atom stereocenters. The number of aliphatic hydroxyl groups is 1. The molecular weight excluding hydrogens is 792 g/mol. The van der Waals surface area contributed by atoms with Gasteiger partial charge in [-0.05, 0) is 44.9 Å². The molecule has 0 spiro atoms. The van der Waals surface area contributed by atoms with Crippen molar-refractivity contribution >= 4 is 13.7 Å². The first-order chi connectivity index (χ1) is 30.0. The smallest absolute Gasteiger partial charge is 0.387 e. The van der Waals surface area contributed by atoms with Gasteiger partial charge in [0.1, 0.15) is 13.2 Å². The maximum Gasteiger partial charge on any atom is 0.472 e. The minimum Gasteiger partial charge on any atom is -0.387 e. The molecule has 0 rings (SSSR count). The molecule has 1 amide bonds. The number of allylic oxidation sites excluding steroid dienone is 5. The molecule has 366 valence electrons. The molecule has 0 radical (unpaired) electrons. The highest BCUT2D eigenvalue weighted by atomic mass is 31.2. The van der Waals surface area contributed by atoms with E-state index in [1.54, 1.807) is 6.08 Å². The topological polar surface area (TPSA) is 105 Å². The number of rotatable bonds is 48. The predicted octanol–water partition coefficient (Wildman–Crippen LogP) is 15.4. The largest absolute Gasteiger partial charge is 0.472 e. The maximum absolute atomic E-state index is 12.9. The van der Waals surface area contributed by atoms with Crippen molar-refractivity contribution < 1.29 is 32.9 Å². The van der Waals surface area contributed by atoms with Crippen LogP contribution in [-0.2, 0) is 18.4 Å². The maximum atomic E-state index is 12.9. The van der Waals surface area contributed by atoms with Gasteiger partial charge in [-0.25, -0.2) is 4.57 Å². The van der Waals surface area contributed by atoms with E-state index in [1.165, 1.54) is 180 Å². The molecule has 8 nitrogen and oxygen atoms in total. The Labute approximate surface area is 385 Å². The van der Waals surface area contributed by atoms with Crippen molar-refractivity contribution in [1.82, 2.24) is 5.32 Å². The SMILES string of the molecule is CCCCCCCCCCCCCCCCCC/C=C/CC/C=C/CC/C=C/C(O)C(COP(=O)(O)OCC[N+](C)(C)C)NC(=O)CCCCCCCCCCCCCCCC. The number of carbonyl (C=O) groups excluding carboxylic acids is 1. The lowest BCUT2D eigenvalue weighted by atomic mass is 10.0. The Hall–Kier alpha value is -1.28. The first-order valence-electron chi connectivity index (χ1n) is 26.4. The van der Waals surface area contributed by atoms with Gasteiger partial charge in [0.2, 0.25) is 5.91 Å². The van der Waals surface area contributed by atoms with E-state index in [0.29, 0.717) is 17.4 Å². The highest BCUT2D eigenvalue weighted by Gasteiger charge is 2.27. The number of aliphatic hydroxyl groups excluding tert-OH is 1. The van der Waals surface area contributed by atoms with Gasteiger partial charge in [-0.3, -0.25) is 13.8 Å². The molecule has 0 bridgehead atoms. The summed E-state index contributed by atoms with van der Waals surface area (Å²) in [5.41, 5.74) is 0. The number of quaternary nitrogens is 1. The van der Waals surface area contributed by atoms with Crippen molar-refractivity contribution in [3.05, 3.63) is 36.5 Å². The zero-order chi connectivity index (χ0) is 45.7. The Bertz CT molecular complexity index is 1110. The van der Waals surface area contributed by atoms with Crippen molar-refractivity contribution in [3.8, 4) is 0 Å². The van der Waals surface area contributed by atoms with Gasteiger partial charge >= 0.3 is 7.82 Å². The lowest BCUT2D eigenvalue weighted by Crippen LogP contribution is -2.45. The highest BCUT2D eigenvalue weighted by Crippen LogP contribution is 2.43. The quantitative estimate of drug-likeness (QED) is 0.0243. The summed E-state index contributed by atoms with van der Waals surface area (Å²) in [6, 6.07) is -0.866. The van der Waals surface area contributed by atoms with E-state index in [0.717, 1.165) is 44.9 Å². The number of phosphoric ester groups is 1. The average molecular weight is 896 g/mol. The second-order valence-electron chi connectivity index (χ2n) is 19.2. The summed E-state index contributed by atoms with van der Waals surface area (Å²) in [4.78, 5) is 23.2. The molecule has 3 N–H and O–H groups in total. The molecule has 0 aliphatic heterocycles. The fourth-order valence-electron chi connectivity index (χ4n) is 7.66. The van der Waals surface area contributed by atoms with Gasteiger partial charge in [-0.1, -0.05) is 230 Å². The van der Waals surface area contributed by atoms with Crippen LogP contribution in [0.4, 0.5) is 0 Å². The zero-order valence-corrected chi connectivity index (χ0v) is 42.5. The van der Waals surface area contributed by atoms with Gasteiger partial charge < -0.3 is 19.8 Å². The molecule has 0 aromatic carbocycles. The van der Waals surface area contributed by atoms with Crippen LogP contribution in [0.2, 0.25) is 0 Å². The van der Waals surface area contributed by atoms with Crippen LogP contribution >= 0.6 is 7.82 Å². The molecule has 0 saturated heterocycles. The molecule has 9 heteroatoms. The Morgan fingerprint density at radius 1 is 0.532 bits per heavy atom. The van der Waals surface area contributed by atoms with Crippen molar-refractivity contribution in [2.45, 2.75) is 257 Å². The minimum atomic E-state index is -4.35. The summed E-state index contributed by atoms with van der Waals surface area (Å²) in [5.74, 6) is -0.189. The third kappa shape index (κ3) is 46.7. The third-order valence-corrected chi connectivity index (χ3v) is 12.8. The van der Waals surface area contributed by atoms with E-state index >= 15 is 0 Å². The van der Waals surface area contributed by atoms with Crippen LogP contribution in [-0.4, -0.2) is 73.4 Å². The number of phosphoric acid groups is 1. The molecular formula is C53H104N2O6P+. The summed E-state index contributed by atoms with van der Waals surface area (Å²) < 4.78 is 23.6. The number of unbranched alkanes of at least 4 members (excludes halogenated alkanes) is 31. The van der Waals surface area contributed by atoms with Crippen LogP contribution in [0.15, 0.2) is 36.5 Å². The van der Waals surface area contributed by atoms with Crippen LogP contribution in [0.1, 0.15) is 245 Å². The Morgan fingerprint density at radius 3 is 1.29 bits per heavy atom. The third-order valence-electron chi connectivity index (χ3n) is 11.8. The lowest BCUT2D eigenvalue weighted by molar-refractivity contribution is -0.870. The summed E-state index contributed by atoms with van der Waals surface area (Å²) >= 11 is 0. The molecule has 0 saturated carbocycles. The number of likely N-dealkylation sites (N-methyl/N-ethyl adjacent to an activating group) is 1. The van der Waals surface area contributed by atoms with Crippen molar-refractivity contribution in [2.24, 2.45) is 0 Å². The van der Waals surface area contributed by atoms with E-state index in [9.17, 15) is 19.4 Å². The number of hydrogen-bond donors (Lipinski definition) is 3. The summed E-state index contributed by atoms with van der Waals surface area (Å²) in [6.07, 6.45) is 56.7. The molecule has 62 heavy (non-hydrogen) atoms. The zero-order valence-electron chi connectivity index (χ0n) is 41.6. The Morgan fingerprint density at radius 2 is 0.887 bits per heavy atom. The summed E-state index contributed by atoms with van der Waals surface area (Å²) in [6.45, 7) is 4.80. The highest BCUT2D eigenvalue weighted by molar-refractivity contribution is 7.47. The molecule has 0 fully saturated rings. The number of amides is 1. The number of hydrogen-bond acceptors (Lipinski definition) is 5. The van der Waals surface area contributed by atoms with E-state index in [1.807, 2.05) is 27.2 Å².